The van der Waals surface area contributed by atoms with E-state index in [9.17, 15) is 9.59 Å². The third-order valence-corrected chi connectivity index (χ3v) is 4.33. The summed E-state index contributed by atoms with van der Waals surface area (Å²) in [5.41, 5.74) is -0.469. The van der Waals surface area contributed by atoms with Gasteiger partial charge in [0.25, 0.3) is 0 Å². The molecule has 0 unspecified atom stereocenters. The molecule has 0 aliphatic heterocycles. The van der Waals surface area contributed by atoms with Crippen LogP contribution in [-0.2, 0) is 42.7 Å². The Bertz CT molecular complexity index is 477. The molecule has 0 aromatic heterocycles. The SMILES string of the molecule is CCCCCCCC(=O)OCCOCCOCCOCCOCCOCCC(=O)OC(C)(C)C. The van der Waals surface area contributed by atoms with Crippen LogP contribution >= 0.6 is 0 Å². The second-order valence-electron chi connectivity index (χ2n) is 8.78. The quantitative estimate of drug-likeness (QED) is 0.147. The summed E-state index contributed by atoms with van der Waals surface area (Å²) in [7, 11) is 0. The van der Waals surface area contributed by atoms with Crippen molar-refractivity contribution in [3.63, 3.8) is 0 Å². The zero-order valence-corrected chi connectivity index (χ0v) is 21.9. The maximum atomic E-state index is 11.5. The Labute approximate surface area is 206 Å². The molecule has 0 radical (unpaired) electrons. The van der Waals surface area contributed by atoms with Gasteiger partial charge < -0.3 is 33.2 Å². The van der Waals surface area contributed by atoms with E-state index in [1.807, 2.05) is 20.8 Å². The van der Waals surface area contributed by atoms with Gasteiger partial charge in [0.2, 0.25) is 0 Å². The molecule has 0 aliphatic carbocycles. The van der Waals surface area contributed by atoms with Gasteiger partial charge >= 0.3 is 11.9 Å². The molecule has 0 bridgehead atoms. The molecule has 0 rings (SSSR count). The van der Waals surface area contributed by atoms with E-state index in [1.165, 1.54) is 19.3 Å². The third kappa shape index (κ3) is 27.0. The summed E-state index contributed by atoms with van der Waals surface area (Å²) in [5, 5.41) is 0. The number of esters is 2. The Morgan fingerprint density at radius 1 is 0.529 bits per heavy atom. The van der Waals surface area contributed by atoms with Crippen molar-refractivity contribution in [2.75, 3.05) is 72.7 Å². The summed E-state index contributed by atoms with van der Waals surface area (Å²) in [5.74, 6) is -0.414. The number of carbonyl (C=O) groups is 2. The summed E-state index contributed by atoms with van der Waals surface area (Å²) in [6, 6.07) is 0. The van der Waals surface area contributed by atoms with Crippen LogP contribution < -0.4 is 0 Å². The van der Waals surface area contributed by atoms with Crippen LogP contribution in [0.1, 0.15) is 72.6 Å². The first-order valence-electron chi connectivity index (χ1n) is 12.6. The Morgan fingerprint density at radius 3 is 1.44 bits per heavy atom. The van der Waals surface area contributed by atoms with Gasteiger partial charge in [-0.1, -0.05) is 32.6 Å². The molecule has 0 aromatic rings. The highest BCUT2D eigenvalue weighted by molar-refractivity contribution is 5.70. The number of rotatable bonds is 24. The van der Waals surface area contributed by atoms with Crippen LogP contribution in [0.25, 0.3) is 0 Å². The topological polar surface area (TPSA) is 98.8 Å². The smallest absolute Gasteiger partial charge is 0.308 e. The lowest BCUT2D eigenvalue weighted by Gasteiger charge is -2.19. The number of unbranched alkanes of at least 4 members (excludes halogenated alkanes) is 4. The van der Waals surface area contributed by atoms with Crippen molar-refractivity contribution in [3.8, 4) is 0 Å². The first kappa shape index (κ1) is 32.7. The van der Waals surface area contributed by atoms with Crippen LogP contribution in [0.4, 0.5) is 0 Å². The lowest BCUT2D eigenvalue weighted by Crippen LogP contribution is -2.24. The van der Waals surface area contributed by atoms with Crippen molar-refractivity contribution in [2.24, 2.45) is 0 Å². The van der Waals surface area contributed by atoms with Gasteiger partial charge in [-0.15, -0.1) is 0 Å². The van der Waals surface area contributed by atoms with E-state index in [1.54, 1.807) is 0 Å². The van der Waals surface area contributed by atoms with Crippen molar-refractivity contribution in [2.45, 2.75) is 78.2 Å². The predicted molar refractivity (Wildman–Crippen MR) is 129 cm³/mol. The van der Waals surface area contributed by atoms with Crippen molar-refractivity contribution in [1.82, 2.24) is 0 Å². The average Bonchev–Trinajstić information content (AvgIpc) is 2.77. The molecule has 0 aliphatic rings. The van der Waals surface area contributed by atoms with Gasteiger partial charge in [-0.25, -0.2) is 0 Å². The Kier molecular flexibility index (Phi) is 22.6. The molecule has 0 aromatic carbocycles. The largest absolute Gasteiger partial charge is 0.463 e. The molecule has 0 saturated carbocycles. The molecule has 9 heteroatoms. The van der Waals surface area contributed by atoms with E-state index in [4.69, 9.17) is 33.2 Å². The van der Waals surface area contributed by atoms with Crippen molar-refractivity contribution < 1.29 is 42.7 Å². The molecule has 0 fully saturated rings. The van der Waals surface area contributed by atoms with Gasteiger partial charge in [-0.05, 0) is 27.2 Å². The zero-order chi connectivity index (χ0) is 25.3. The molecule has 0 atom stereocenters. The fraction of sp³-hybridized carbons (Fsp3) is 0.920. The van der Waals surface area contributed by atoms with Crippen molar-refractivity contribution in [1.29, 1.82) is 0 Å². The molecular weight excluding hydrogens is 444 g/mol. The van der Waals surface area contributed by atoms with E-state index in [0.717, 1.165) is 12.8 Å². The van der Waals surface area contributed by atoms with Gasteiger partial charge in [-0.3, -0.25) is 9.59 Å². The van der Waals surface area contributed by atoms with E-state index in [2.05, 4.69) is 6.92 Å². The third-order valence-electron chi connectivity index (χ3n) is 4.33. The highest BCUT2D eigenvalue weighted by atomic mass is 16.6. The lowest BCUT2D eigenvalue weighted by molar-refractivity contribution is -0.156. The molecule has 9 nitrogen and oxygen atoms in total. The first-order valence-corrected chi connectivity index (χ1v) is 12.6. The summed E-state index contributed by atoms with van der Waals surface area (Å²) < 4.78 is 37.3. The monoisotopic (exact) mass is 492 g/mol. The molecule has 0 amide bonds. The molecule has 0 saturated heterocycles. The van der Waals surface area contributed by atoms with E-state index in [0.29, 0.717) is 72.5 Å². The lowest BCUT2D eigenvalue weighted by atomic mass is 10.1. The minimum atomic E-state index is -0.469. The second kappa shape index (κ2) is 23.5. The van der Waals surface area contributed by atoms with Crippen LogP contribution in [0.5, 0.6) is 0 Å². The Hall–Kier alpha value is -1.26. The summed E-state index contributed by atoms with van der Waals surface area (Å²) in [6.45, 7) is 12.3. The van der Waals surface area contributed by atoms with Crippen LogP contribution in [0.15, 0.2) is 0 Å². The maximum Gasteiger partial charge on any atom is 0.308 e. The minimum Gasteiger partial charge on any atom is -0.463 e. The zero-order valence-electron chi connectivity index (χ0n) is 21.9. The van der Waals surface area contributed by atoms with E-state index >= 15 is 0 Å². The molecule has 202 valence electrons. The molecule has 34 heavy (non-hydrogen) atoms. The average molecular weight is 493 g/mol. The van der Waals surface area contributed by atoms with E-state index in [-0.39, 0.29) is 25.0 Å². The highest BCUT2D eigenvalue weighted by Crippen LogP contribution is 2.08. The molecular formula is C25H48O9. The highest BCUT2D eigenvalue weighted by Gasteiger charge is 2.15. The molecule has 0 spiro atoms. The summed E-state index contributed by atoms with van der Waals surface area (Å²) in [6.07, 6.45) is 6.31. The summed E-state index contributed by atoms with van der Waals surface area (Å²) >= 11 is 0. The van der Waals surface area contributed by atoms with Gasteiger partial charge in [0.05, 0.1) is 72.5 Å². The summed E-state index contributed by atoms with van der Waals surface area (Å²) in [4.78, 5) is 23.1. The Morgan fingerprint density at radius 2 is 0.971 bits per heavy atom. The second-order valence-corrected chi connectivity index (χ2v) is 8.78. The normalized spacial score (nSPS) is 11.5. The van der Waals surface area contributed by atoms with Gasteiger partial charge in [0, 0.05) is 6.42 Å². The molecule has 0 heterocycles. The van der Waals surface area contributed by atoms with Crippen LogP contribution in [-0.4, -0.2) is 90.2 Å². The molecule has 0 N–H and O–H groups in total. The van der Waals surface area contributed by atoms with Crippen LogP contribution in [0.2, 0.25) is 0 Å². The van der Waals surface area contributed by atoms with Crippen LogP contribution in [0.3, 0.4) is 0 Å². The van der Waals surface area contributed by atoms with Gasteiger partial charge in [0.15, 0.2) is 0 Å². The van der Waals surface area contributed by atoms with Crippen LogP contribution in [0, 0.1) is 0 Å². The van der Waals surface area contributed by atoms with E-state index < -0.39 is 5.60 Å². The Balaban J connectivity index is 3.19. The van der Waals surface area contributed by atoms with Crippen molar-refractivity contribution >= 4 is 11.9 Å². The first-order chi connectivity index (χ1) is 16.3. The van der Waals surface area contributed by atoms with Gasteiger partial charge in [0.1, 0.15) is 12.2 Å². The number of carbonyl (C=O) groups excluding carboxylic acids is 2. The van der Waals surface area contributed by atoms with Crippen molar-refractivity contribution in [3.05, 3.63) is 0 Å². The fourth-order valence-electron chi connectivity index (χ4n) is 2.69. The number of hydrogen-bond acceptors (Lipinski definition) is 9. The standard InChI is InChI=1S/C25H48O9/c1-5-6-7-8-9-10-23(26)33-22-21-32-20-19-31-18-17-30-16-15-29-14-13-28-12-11-24(27)34-25(2,3)4/h5-22H2,1-4H3. The van der Waals surface area contributed by atoms with Gasteiger partial charge in [-0.2, -0.15) is 0 Å². The number of ether oxygens (including phenoxy) is 7. The maximum absolute atomic E-state index is 11.5. The predicted octanol–water partition coefficient (Wildman–Crippen LogP) is 3.70. The number of hydrogen-bond donors (Lipinski definition) is 0. The fourth-order valence-corrected chi connectivity index (χ4v) is 2.69. The minimum absolute atomic E-state index is 0.150.